The van der Waals surface area contributed by atoms with Crippen molar-refractivity contribution in [3.05, 3.63) is 42.0 Å². The van der Waals surface area contributed by atoms with Crippen LogP contribution in [0.25, 0.3) is 0 Å². The van der Waals surface area contributed by atoms with E-state index in [4.69, 9.17) is 18.9 Å². The Kier molecular flexibility index (Phi) is 9.31. The summed E-state index contributed by atoms with van der Waals surface area (Å²) in [5.74, 6) is 0.816. The predicted molar refractivity (Wildman–Crippen MR) is 102 cm³/mol. The summed E-state index contributed by atoms with van der Waals surface area (Å²) in [6.07, 6.45) is 6.61. The molecular formula is C21H30O6. The molecule has 1 saturated heterocycles. The third-order valence-corrected chi connectivity index (χ3v) is 4.56. The number of carbonyl (C=O) groups is 1. The average molecular weight is 378 g/mol. The third kappa shape index (κ3) is 6.65. The second-order valence-electron chi connectivity index (χ2n) is 6.45. The van der Waals surface area contributed by atoms with Gasteiger partial charge in [-0.05, 0) is 25.3 Å². The van der Waals surface area contributed by atoms with E-state index >= 15 is 0 Å². The van der Waals surface area contributed by atoms with Crippen molar-refractivity contribution in [1.82, 2.24) is 0 Å². The van der Waals surface area contributed by atoms with Crippen molar-refractivity contribution >= 4 is 5.97 Å². The largest absolute Gasteiger partial charge is 0.496 e. The summed E-state index contributed by atoms with van der Waals surface area (Å²) < 4.78 is 27.3. The molecule has 1 fully saturated rings. The predicted octanol–water partition coefficient (Wildman–Crippen LogP) is 3.66. The van der Waals surface area contributed by atoms with Gasteiger partial charge in [-0.1, -0.05) is 30.4 Å². The maximum Gasteiger partial charge on any atom is 0.305 e. The Morgan fingerprint density at radius 3 is 2.78 bits per heavy atom. The monoisotopic (exact) mass is 378 g/mol. The fourth-order valence-corrected chi connectivity index (χ4v) is 3.13. The molecule has 0 saturated carbocycles. The molecule has 150 valence electrons. The van der Waals surface area contributed by atoms with Gasteiger partial charge in [0.25, 0.3) is 0 Å². The maximum atomic E-state index is 11.1. The van der Waals surface area contributed by atoms with Crippen molar-refractivity contribution in [2.45, 2.75) is 38.1 Å². The van der Waals surface area contributed by atoms with Crippen LogP contribution < -0.4 is 4.74 Å². The Labute approximate surface area is 161 Å². The number of ether oxygens (including phenoxy) is 5. The lowest BCUT2D eigenvalue weighted by atomic mass is 9.91. The topological polar surface area (TPSA) is 63.2 Å². The van der Waals surface area contributed by atoms with E-state index in [-0.39, 0.29) is 24.3 Å². The summed E-state index contributed by atoms with van der Waals surface area (Å²) in [6, 6.07) is 7.91. The molecule has 0 amide bonds. The highest BCUT2D eigenvalue weighted by Gasteiger charge is 2.34. The Morgan fingerprint density at radius 1 is 1.22 bits per heavy atom. The lowest BCUT2D eigenvalue weighted by Crippen LogP contribution is -2.37. The van der Waals surface area contributed by atoms with Crippen LogP contribution in [-0.2, 0) is 23.7 Å². The Bertz CT molecular complexity index is 600. The molecule has 6 nitrogen and oxygen atoms in total. The van der Waals surface area contributed by atoms with Crippen molar-refractivity contribution < 1.29 is 28.5 Å². The molecule has 1 aliphatic heterocycles. The van der Waals surface area contributed by atoms with Crippen LogP contribution in [-0.4, -0.2) is 46.8 Å². The first-order valence-electron chi connectivity index (χ1n) is 9.30. The summed E-state index contributed by atoms with van der Waals surface area (Å²) in [5.41, 5.74) is 1.02. The van der Waals surface area contributed by atoms with Gasteiger partial charge in [-0.15, -0.1) is 0 Å². The zero-order chi connectivity index (χ0) is 19.5. The molecule has 1 aliphatic rings. The standard InChI is InChI=1S/C21H30O6/c1-23-15-20-26-14-16(10-6-4-5-7-13-19(22)25-3)21(27-20)17-11-8-9-12-18(17)24-2/h4,6,8-9,11-12,16,20-21H,5,7,10,13-15H2,1-3H3/b6-4-. The van der Waals surface area contributed by atoms with E-state index in [1.54, 1.807) is 14.2 Å². The first-order valence-corrected chi connectivity index (χ1v) is 9.30. The molecule has 1 aromatic carbocycles. The Morgan fingerprint density at radius 2 is 2.04 bits per heavy atom. The molecule has 3 unspecified atom stereocenters. The van der Waals surface area contributed by atoms with Crippen molar-refractivity contribution in [3.8, 4) is 5.75 Å². The molecule has 1 aromatic rings. The molecule has 6 heteroatoms. The summed E-state index contributed by atoms with van der Waals surface area (Å²) in [5, 5.41) is 0. The van der Waals surface area contributed by atoms with Gasteiger partial charge >= 0.3 is 5.97 Å². The first kappa shape index (κ1) is 21.4. The number of esters is 1. The van der Waals surface area contributed by atoms with E-state index < -0.39 is 0 Å². The second-order valence-corrected chi connectivity index (χ2v) is 6.45. The number of unbranched alkanes of at least 4 members (excludes halogenated alkanes) is 1. The summed E-state index contributed by atoms with van der Waals surface area (Å²) in [6.45, 7) is 0.977. The van der Waals surface area contributed by atoms with Gasteiger partial charge in [-0.25, -0.2) is 0 Å². The highest BCUT2D eigenvalue weighted by Crippen LogP contribution is 2.38. The number of allylic oxidation sites excluding steroid dienone is 2. The molecule has 2 rings (SSSR count). The third-order valence-electron chi connectivity index (χ3n) is 4.56. The van der Waals surface area contributed by atoms with Gasteiger partial charge in [0.1, 0.15) is 5.75 Å². The zero-order valence-corrected chi connectivity index (χ0v) is 16.4. The Hall–Kier alpha value is -1.89. The number of hydrogen-bond acceptors (Lipinski definition) is 6. The molecule has 0 radical (unpaired) electrons. The van der Waals surface area contributed by atoms with E-state index in [0.717, 1.165) is 30.6 Å². The van der Waals surface area contributed by atoms with Crippen molar-refractivity contribution in [3.63, 3.8) is 0 Å². The second kappa shape index (κ2) is 11.7. The van der Waals surface area contributed by atoms with Gasteiger partial charge in [-0.2, -0.15) is 0 Å². The summed E-state index contributed by atoms with van der Waals surface area (Å²) in [4.78, 5) is 11.1. The van der Waals surface area contributed by atoms with Crippen LogP contribution >= 0.6 is 0 Å². The average Bonchev–Trinajstić information content (AvgIpc) is 2.71. The fourth-order valence-electron chi connectivity index (χ4n) is 3.13. The van der Waals surface area contributed by atoms with Gasteiger partial charge < -0.3 is 23.7 Å². The maximum absolute atomic E-state index is 11.1. The zero-order valence-electron chi connectivity index (χ0n) is 16.4. The smallest absolute Gasteiger partial charge is 0.305 e. The van der Waals surface area contributed by atoms with Gasteiger partial charge in [0.2, 0.25) is 0 Å². The number of carbonyl (C=O) groups excluding carboxylic acids is 1. The number of methoxy groups -OCH3 is 3. The van der Waals surface area contributed by atoms with E-state index in [1.807, 2.05) is 24.3 Å². The van der Waals surface area contributed by atoms with Crippen LogP contribution in [0.15, 0.2) is 36.4 Å². The molecule has 1 heterocycles. The van der Waals surface area contributed by atoms with Crippen LogP contribution in [0.4, 0.5) is 0 Å². The van der Waals surface area contributed by atoms with Crippen LogP contribution in [0.2, 0.25) is 0 Å². The SMILES string of the molecule is COCC1OCC(C/C=C\CCCC(=O)OC)C(c2ccccc2OC)O1. The number of rotatable bonds is 10. The molecular weight excluding hydrogens is 348 g/mol. The number of hydrogen-bond donors (Lipinski definition) is 0. The number of para-hydroxylation sites is 1. The highest BCUT2D eigenvalue weighted by atomic mass is 16.7. The van der Waals surface area contributed by atoms with E-state index in [0.29, 0.717) is 19.6 Å². The summed E-state index contributed by atoms with van der Waals surface area (Å²) in [7, 11) is 4.71. The molecule has 27 heavy (non-hydrogen) atoms. The van der Waals surface area contributed by atoms with Gasteiger partial charge in [-0.3, -0.25) is 4.79 Å². The number of benzene rings is 1. The van der Waals surface area contributed by atoms with Crippen molar-refractivity contribution in [1.29, 1.82) is 0 Å². The van der Waals surface area contributed by atoms with Crippen molar-refractivity contribution in [2.24, 2.45) is 5.92 Å². The van der Waals surface area contributed by atoms with Gasteiger partial charge in [0, 0.05) is 25.0 Å². The normalized spacial score (nSPS) is 22.7. The van der Waals surface area contributed by atoms with Crippen LogP contribution in [0.5, 0.6) is 5.75 Å². The molecule has 0 bridgehead atoms. The molecule has 0 spiro atoms. The molecule has 3 atom stereocenters. The lowest BCUT2D eigenvalue weighted by Gasteiger charge is -2.36. The van der Waals surface area contributed by atoms with Crippen LogP contribution in [0.1, 0.15) is 37.4 Å². The van der Waals surface area contributed by atoms with E-state index in [9.17, 15) is 4.79 Å². The van der Waals surface area contributed by atoms with E-state index in [2.05, 4.69) is 16.9 Å². The first-order chi connectivity index (χ1) is 13.2. The minimum absolute atomic E-state index is 0.130. The lowest BCUT2D eigenvalue weighted by molar-refractivity contribution is -0.253. The van der Waals surface area contributed by atoms with Gasteiger partial charge in [0.15, 0.2) is 6.29 Å². The van der Waals surface area contributed by atoms with Crippen LogP contribution in [0, 0.1) is 5.92 Å². The molecule has 0 aromatic heterocycles. The minimum Gasteiger partial charge on any atom is -0.496 e. The quantitative estimate of drug-likeness (QED) is 0.352. The molecule has 0 N–H and O–H groups in total. The van der Waals surface area contributed by atoms with E-state index in [1.165, 1.54) is 7.11 Å². The van der Waals surface area contributed by atoms with Crippen LogP contribution in [0.3, 0.4) is 0 Å². The fraction of sp³-hybridized carbons (Fsp3) is 0.571. The van der Waals surface area contributed by atoms with Gasteiger partial charge in [0.05, 0.1) is 33.5 Å². The Balaban J connectivity index is 1.99. The van der Waals surface area contributed by atoms with Crippen molar-refractivity contribution in [2.75, 3.05) is 34.5 Å². The molecule has 0 aliphatic carbocycles. The highest BCUT2D eigenvalue weighted by molar-refractivity contribution is 5.69. The minimum atomic E-state index is -0.384. The summed E-state index contributed by atoms with van der Waals surface area (Å²) >= 11 is 0.